The number of rotatable bonds is 11. The van der Waals surface area contributed by atoms with Gasteiger partial charge < -0.3 is 25.2 Å². The zero-order valence-electron chi connectivity index (χ0n) is 28.7. The van der Waals surface area contributed by atoms with E-state index in [1.807, 2.05) is 0 Å². The molecule has 2 aliphatic heterocycles. The third-order valence-corrected chi connectivity index (χ3v) is 11.1. The predicted molar refractivity (Wildman–Crippen MR) is 184 cm³/mol. The van der Waals surface area contributed by atoms with E-state index in [2.05, 4.69) is 4.72 Å². The molecule has 2 bridgehead atoms. The highest BCUT2D eigenvalue weighted by Gasteiger charge is 2.53. The number of nitrogens with zero attached hydrogens (tertiary/aromatic N) is 1. The molecule has 3 fully saturated rings. The SMILES string of the molecule is NC1CC2CCC(C1)N2C(=O)[C@H](NS(=O)(=O)c1ccc(OCC2CCCCC2)cc1)C(F)(F)c1cccc(Oc2ccccc2)c1.O=C(O)C(F)(F)F. The van der Waals surface area contributed by atoms with E-state index in [-0.39, 0.29) is 28.8 Å². The van der Waals surface area contributed by atoms with E-state index in [1.165, 1.54) is 66.6 Å². The lowest BCUT2D eigenvalue weighted by molar-refractivity contribution is -0.192. The van der Waals surface area contributed by atoms with Crippen LogP contribution < -0.4 is 19.9 Å². The van der Waals surface area contributed by atoms with Crippen molar-refractivity contribution in [1.29, 1.82) is 0 Å². The van der Waals surface area contributed by atoms with Crippen LogP contribution in [0.1, 0.15) is 63.4 Å². The monoisotopic (exact) mass is 767 g/mol. The van der Waals surface area contributed by atoms with Crippen LogP contribution in [0.5, 0.6) is 17.2 Å². The Morgan fingerprint density at radius 1 is 0.830 bits per heavy atom. The van der Waals surface area contributed by atoms with E-state index in [0.717, 1.165) is 18.9 Å². The van der Waals surface area contributed by atoms with Crippen LogP contribution in [0.25, 0.3) is 0 Å². The highest BCUT2D eigenvalue weighted by molar-refractivity contribution is 7.89. The van der Waals surface area contributed by atoms with Crippen LogP contribution in [-0.2, 0) is 25.5 Å². The first kappa shape index (κ1) is 39.9. The number of carboxylic acids is 1. The number of alkyl halides is 5. The first-order valence-corrected chi connectivity index (χ1v) is 18.9. The van der Waals surface area contributed by atoms with E-state index in [0.29, 0.717) is 49.7 Å². The molecule has 6 rings (SSSR count). The van der Waals surface area contributed by atoms with Crippen LogP contribution in [0.3, 0.4) is 0 Å². The van der Waals surface area contributed by atoms with Gasteiger partial charge in [0.1, 0.15) is 17.2 Å². The summed E-state index contributed by atoms with van der Waals surface area (Å²) in [6.07, 6.45) is 2.95. The topological polar surface area (TPSA) is 148 Å². The molecule has 3 aliphatic rings. The number of halogens is 5. The van der Waals surface area contributed by atoms with E-state index in [4.69, 9.17) is 25.1 Å². The van der Waals surface area contributed by atoms with Gasteiger partial charge in [-0.3, -0.25) is 4.79 Å². The number of carbonyl (C=O) groups excluding carboxylic acids is 1. The van der Waals surface area contributed by atoms with Crippen molar-refractivity contribution in [3.05, 3.63) is 84.4 Å². The van der Waals surface area contributed by atoms with Gasteiger partial charge in [-0.15, -0.1) is 0 Å². The molecule has 3 atom stereocenters. The summed E-state index contributed by atoms with van der Waals surface area (Å²) in [6.45, 7) is 0.544. The number of ether oxygens (including phenoxy) is 2. The number of nitrogens with one attached hydrogen (secondary N) is 1. The van der Waals surface area contributed by atoms with E-state index < -0.39 is 45.6 Å². The number of amides is 1. The lowest BCUT2D eigenvalue weighted by Crippen LogP contribution is -2.60. The van der Waals surface area contributed by atoms with Gasteiger partial charge in [0.15, 0.2) is 6.04 Å². The number of fused-ring (bicyclic) bond motifs is 2. The van der Waals surface area contributed by atoms with Gasteiger partial charge in [-0.2, -0.15) is 26.7 Å². The molecule has 1 amide bonds. The van der Waals surface area contributed by atoms with Crippen LogP contribution in [0.15, 0.2) is 83.8 Å². The second-order valence-electron chi connectivity index (χ2n) is 13.6. The molecule has 53 heavy (non-hydrogen) atoms. The maximum atomic E-state index is 16.6. The summed E-state index contributed by atoms with van der Waals surface area (Å²) in [5.74, 6) is -6.11. The van der Waals surface area contributed by atoms with Crippen LogP contribution in [-0.4, -0.2) is 67.3 Å². The number of benzene rings is 3. The number of sulfonamides is 1. The number of para-hydroxylation sites is 1. The lowest BCUT2D eigenvalue weighted by atomic mass is 9.90. The van der Waals surface area contributed by atoms with Gasteiger partial charge in [-0.25, -0.2) is 13.2 Å². The number of aliphatic carboxylic acids is 1. The Balaban J connectivity index is 0.000000705. The van der Waals surface area contributed by atoms with Crippen molar-refractivity contribution in [2.45, 2.75) is 98.9 Å². The highest BCUT2D eigenvalue weighted by Crippen LogP contribution is 2.41. The zero-order valence-corrected chi connectivity index (χ0v) is 29.5. The van der Waals surface area contributed by atoms with E-state index >= 15 is 8.78 Å². The average Bonchev–Trinajstić information content (AvgIpc) is 3.40. The van der Waals surface area contributed by atoms with Gasteiger partial charge in [0.25, 0.3) is 5.92 Å². The molecule has 2 saturated heterocycles. The Morgan fingerprint density at radius 2 is 1.42 bits per heavy atom. The molecular formula is C37H42F5N3O7S. The molecule has 1 saturated carbocycles. The van der Waals surface area contributed by atoms with Crippen molar-refractivity contribution in [2.75, 3.05) is 6.61 Å². The molecular weight excluding hydrogens is 725 g/mol. The van der Waals surface area contributed by atoms with Gasteiger partial charge in [-0.05, 0) is 93.0 Å². The highest BCUT2D eigenvalue weighted by atomic mass is 32.2. The minimum absolute atomic E-state index is 0.130. The third-order valence-electron chi connectivity index (χ3n) is 9.69. The Labute approximate surface area is 304 Å². The zero-order chi connectivity index (χ0) is 38.4. The van der Waals surface area contributed by atoms with Crippen LogP contribution in [0.4, 0.5) is 22.0 Å². The van der Waals surface area contributed by atoms with Crippen LogP contribution >= 0.6 is 0 Å². The Bertz CT molecular complexity index is 1790. The molecule has 4 N–H and O–H groups in total. The second-order valence-corrected chi connectivity index (χ2v) is 15.3. The van der Waals surface area contributed by atoms with Gasteiger partial charge in [0.05, 0.1) is 11.5 Å². The molecule has 0 aromatic heterocycles. The summed E-state index contributed by atoms with van der Waals surface area (Å²) in [4.78, 5) is 24.2. The maximum Gasteiger partial charge on any atom is 0.490 e. The Kier molecular flexibility index (Phi) is 12.7. The fourth-order valence-electron chi connectivity index (χ4n) is 7.07. The average molecular weight is 768 g/mol. The van der Waals surface area contributed by atoms with Crippen molar-refractivity contribution in [1.82, 2.24) is 9.62 Å². The number of piperidine rings is 1. The summed E-state index contributed by atoms with van der Waals surface area (Å²) in [5.41, 5.74) is 5.64. The molecule has 2 unspecified atom stereocenters. The fourth-order valence-corrected chi connectivity index (χ4v) is 8.26. The summed E-state index contributed by atoms with van der Waals surface area (Å²) < 4.78 is 106. The maximum absolute atomic E-state index is 16.6. The molecule has 1 aliphatic carbocycles. The van der Waals surface area contributed by atoms with Crippen molar-refractivity contribution >= 4 is 21.9 Å². The number of hydrogen-bond acceptors (Lipinski definition) is 7. The molecule has 2 heterocycles. The van der Waals surface area contributed by atoms with Gasteiger partial charge >= 0.3 is 12.1 Å². The second kappa shape index (κ2) is 16.8. The van der Waals surface area contributed by atoms with E-state index in [1.54, 1.807) is 30.3 Å². The van der Waals surface area contributed by atoms with Crippen LogP contribution in [0.2, 0.25) is 0 Å². The van der Waals surface area contributed by atoms with Crippen molar-refractivity contribution in [3.63, 3.8) is 0 Å². The number of carboxylic acid groups (broad SMARTS) is 1. The van der Waals surface area contributed by atoms with Gasteiger partial charge in [0, 0.05) is 23.7 Å². The normalized spacial score (nSPS) is 21.2. The van der Waals surface area contributed by atoms with E-state index in [9.17, 15) is 26.4 Å². The van der Waals surface area contributed by atoms with Crippen molar-refractivity contribution in [2.24, 2.45) is 11.7 Å². The van der Waals surface area contributed by atoms with Gasteiger partial charge in [-0.1, -0.05) is 49.6 Å². The van der Waals surface area contributed by atoms with Gasteiger partial charge in [0.2, 0.25) is 15.9 Å². The minimum atomic E-state index is -5.08. The molecule has 0 radical (unpaired) electrons. The summed E-state index contributed by atoms with van der Waals surface area (Å²) in [5, 5.41) is 7.12. The lowest BCUT2D eigenvalue weighted by Gasteiger charge is -2.41. The molecule has 288 valence electrons. The molecule has 3 aromatic rings. The molecule has 3 aromatic carbocycles. The summed E-state index contributed by atoms with van der Waals surface area (Å²) >= 11 is 0. The van der Waals surface area contributed by atoms with Crippen LogP contribution in [0, 0.1) is 5.92 Å². The molecule has 16 heteroatoms. The van der Waals surface area contributed by atoms with Crippen molar-refractivity contribution < 1.29 is 54.5 Å². The standard InChI is InChI=1S/C35H41F2N3O5S.C2HF3O2/c36-35(37,25-10-7-13-31(20-25)45-30-11-5-2-6-12-30)33(34(41)40-27-14-15-28(40)22-26(38)21-27)39-46(42,43)32-18-16-29(17-19-32)44-23-24-8-3-1-4-9-24;3-2(4,5)1(6)7/h2,5-7,10-13,16-20,24,26-28,33,39H,1,3-4,8-9,14-15,21-23,38H2;(H,6,7)/t26?,27?,28?,33-;/m0./s1. The smallest absolute Gasteiger partial charge is 0.490 e. The minimum Gasteiger partial charge on any atom is -0.493 e. The number of carbonyl (C=O) groups is 2. The third kappa shape index (κ3) is 10.2. The first-order chi connectivity index (χ1) is 25.0. The Hall–Kier alpha value is -4.28. The Morgan fingerprint density at radius 3 is 2.00 bits per heavy atom. The summed E-state index contributed by atoms with van der Waals surface area (Å²) in [7, 11) is -4.56. The molecule has 10 nitrogen and oxygen atoms in total. The number of nitrogens with two attached hydrogens (primary N) is 1. The molecule has 0 spiro atoms. The first-order valence-electron chi connectivity index (χ1n) is 17.4. The quantitative estimate of drug-likeness (QED) is 0.177. The predicted octanol–water partition coefficient (Wildman–Crippen LogP) is 6.99. The van der Waals surface area contributed by atoms with Crippen molar-refractivity contribution in [3.8, 4) is 17.2 Å². The number of hydrogen-bond donors (Lipinski definition) is 3. The largest absolute Gasteiger partial charge is 0.493 e. The summed E-state index contributed by atoms with van der Waals surface area (Å²) in [6, 6.07) is 16.4. The fraction of sp³-hybridized carbons (Fsp3) is 0.459.